The Bertz CT molecular complexity index is 1240. The number of aromatic nitrogens is 2. The predicted molar refractivity (Wildman–Crippen MR) is 113 cm³/mol. The van der Waals surface area contributed by atoms with E-state index < -0.39 is 11.2 Å². The molecule has 6 nitrogen and oxygen atoms in total. The second kappa shape index (κ2) is 7.76. The summed E-state index contributed by atoms with van der Waals surface area (Å²) in [5.74, 6) is -0.332. The van der Waals surface area contributed by atoms with Crippen molar-refractivity contribution in [3.8, 4) is 11.1 Å². The lowest BCUT2D eigenvalue weighted by atomic mass is 10.00. The van der Waals surface area contributed by atoms with Crippen molar-refractivity contribution in [1.82, 2.24) is 9.89 Å². The molecule has 4 rings (SSSR count). The summed E-state index contributed by atoms with van der Waals surface area (Å²) < 4.78 is 18.6. The van der Waals surface area contributed by atoms with E-state index in [0.29, 0.717) is 29.8 Å². The lowest BCUT2D eigenvalue weighted by Crippen LogP contribution is -2.22. The summed E-state index contributed by atoms with van der Waals surface area (Å²) in [5.41, 5.74) is 5.07. The first-order valence-electron chi connectivity index (χ1n) is 9.71. The number of hydrogen-bond donors (Lipinski definition) is 2. The van der Waals surface area contributed by atoms with E-state index in [1.165, 1.54) is 18.2 Å². The molecular weight excluding hydrogens is 385 g/mol. The molecule has 0 aliphatic carbocycles. The van der Waals surface area contributed by atoms with Gasteiger partial charge < -0.3 is 14.9 Å². The maximum Gasteiger partial charge on any atom is 0.336 e. The zero-order valence-corrected chi connectivity index (χ0v) is 16.7. The van der Waals surface area contributed by atoms with Crippen LogP contribution in [0.15, 0.2) is 70.0 Å². The molecule has 2 N–H and O–H groups in total. The number of halogens is 1. The third-order valence-electron chi connectivity index (χ3n) is 5.24. The Balaban J connectivity index is 1.60. The Morgan fingerprint density at radius 2 is 1.93 bits per heavy atom. The van der Waals surface area contributed by atoms with Crippen LogP contribution in [0.3, 0.4) is 0 Å². The quantitative estimate of drug-likeness (QED) is 0.469. The molecule has 0 saturated heterocycles. The number of nitrogens with one attached hydrogen (secondary N) is 1. The molecule has 2 aromatic carbocycles. The average molecular weight is 407 g/mol. The zero-order chi connectivity index (χ0) is 21.3. The molecule has 0 saturated carbocycles. The number of aliphatic hydroxyl groups is 1. The van der Waals surface area contributed by atoms with Gasteiger partial charge in [0.1, 0.15) is 17.0 Å². The molecule has 154 valence electrons. The fourth-order valence-electron chi connectivity index (χ4n) is 3.24. The summed E-state index contributed by atoms with van der Waals surface area (Å²) in [4.78, 5) is 13.6. The standard InChI is InChI=1S/C23H22FN3O3/c1-3-23(2,29)21-10-11-27(26-21)25-14-15-4-9-18-19(13-22(28)30-20(18)12-15)16-5-7-17(24)8-6-16/h4-13,25,29H,3,14H2,1-2H3. The maximum atomic E-state index is 13.3. The second-order valence-electron chi connectivity index (χ2n) is 7.42. The van der Waals surface area contributed by atoms with Gasteiger partial charge in [-0.25, -0.2) is 9.18 Å². The fraction of sp³-hybridized carbons (Fsp3) is 0.217. The predicted octanol–water partition coefficient (Wildman–Crippen LogP) is 4.16. The molecule has 30 heavy (non-hydrogen) atoms. The highest BCUT2D eigenvalue weighted by atomic mass is 19.1. The van der Waals surface area contributed by atoms with Crippen LogP contribution in [-0.4, -0.2) is 15.0 Å². The van der Waals surface area contributed by atoms with E-state index in [-0.39, 0.29) is 5.82 Å². The molecule has 4 aromatic rings. The lowest BCUT2D eigenvalue weighted by molar-refractivity contribution is 0.0480. The van der Waals surface area contributed by atoms with Crippen LogP contribution >= 0.6 is 0 Å². The van der Waals surface area contributed by atoms with Gasteiger partial charge in [-0.2, -0.15) is 9.89 Å². The lowest BCUT2D eigenvalue weighted by Gasteiger charge is -2.18. The second-order valence-corrected chi connectivity index (χ2v) is 7.42. The minimum absolute atomic E-state index is 0.332. The van der Waals surface area contributed by atoms with Crippen molar-refractivity contribution in [2.45, 2.75) is 32.4 Å². The molecule has 2 heterocycles. The van der Waals surface area contributed by atoms with Gasteiger partial charge in [0.05, 0.1) is 12.2 Å². The van der Waals surface area contributed by atoms with Crippen molar-refractivity contribution < 1.29 is 13.9 Å². The van der Waals surface area contributed by atoms with Gasteiger partial charge in [-0.3, -0.25) is 0 Å². The van der Waals surface area contributed by atoms with Crippen LogP contribution in [-0.2, 0) is 12.1 Å². The Morgan fingerprint density at radius 1 is 1.17 bits per heavy atom. The summed E-state index contributed by atoms with van der Waals surface area (Å²) >= 11 is 0. The van der Waals surface area contributed by atoms with Crippen molar-refractivity contribution in [1.29, 1.82) is 0 Å². The van der Waals surface area contributed by atoms with Crippen LogP contribution in [0.2, 0.25) is 0 Å². The van der Waals surface area contributed by atoms with Gasteiger partial charge in [0.25, 0.3) is 0 Å². The van der Waals surface area contributed by atoms with E-state index >= 15 is 0 Å². The van der Waals surface area contributed by atoms with Gasteiger partial charge in [-0.1, -0.05) is 31.2 Å². The van der Waals surface area contributed by atoms with Crippen LogP contribution < -0.4 is 11.1 Å². The van der Waals surface area contributed by atoms with Crippen molar-refractivity contribution in [2.24, 2.45) is 0 Å². The van der Waals surface area contributed by atoms with Crippen LogP contribution in [0.4, 0.5) is 4.39 Å². The monoisotopic (exact) mass is 407 g/mol. The van der Waals surface area contributed by atoms with Gasteiger partial charge in [-0.15, -0.1) is 0 Å². The van der Waals surface area contributed by atoms with Gasteiger partial charge in [-0.05, 0) is 54.3 Å². The molecule has 1 unspecified atom stereocenters. The van der Waals surface area contributed by atoms with E-state index in [0.717, 1.165) is 16.5 Å². The highest BCUT2D eigenvalue weighted by Gasteiger charge is 2.23. The Hall–Kier alpha value is -3.45. The van der Waals surface area contributed by atoms with E-state index in [9.17, 15) is 14.3 Å². The van der Waals surface area contributed by atoms with E-state index in [1.54, 1.807) is 42.2 Å². The molecule has 1 atom stereocenters. The first-order valence-corrected chi connectivity index (χ1v) is 9.71. The molecule has 0 aliphatic rings. The third-order valence-corrected chi connectivity index (χ3v) is 5.24. The van der Waals surface area contributed by atoms with Gasteiger partial charge in [0, 0.05) is 17.6 Å². The smallest absolute Gasteiger partial charge is 0.336 e. The summed E-state index contributed by atoms with van der Waals surface area (Å²) in [7, 11) is 0. The minimum Gasteiger partial charge on any atom is -0.423 e. The third kappa shape index (κ3) is 3.97. The molecule has 0 amide bonds. The summed E-state index contributed by atoms with van der Waals surface area (Å²) in [6.45, 7) is 4.06. The van der Waals surface area contributed by atoms with Crippen LogP contribution in [0.1, 0.15) is 31.5 Å². The molecule has 0 spiro atoms. The van der Waals surface area contributed by atoms with Crippen molar-refractivity contribution in [2.75, 3.05) is 5.43 Å². The van der Waals surface area contributed by atoms with Crippen LogP contribution in [0.5, 0.6) is 0 Å². The van der Waals surface area contributed by atoms with Crippen molar-refractivity contribution in [3.05, 3.63) is 88.3 Å². The number of hydrogen-bond acceptors (Lipinski definition) is 5. The maximum absolute atomic E-state index is 13.3. The van der Waals surface area contributed by atoms with Gasteiger partial charge in [0.15, 0.2) is 0 Å². The Morgan fingerprint density at radius 3 is 2.67 bits per heavy atom. The van der Waals surface area contributed by atoms with Crippen molar-refractivity contribution in [3.63, 3.8) is 0 Å². The highest BCUT2D eigenvalue weighted by Crippen LogP contribution is 2.28. The summed E-state index contributed by atoms with van der Waals surface area (Å²) in [5, 5.41) is 15.4. The minimum atomic E-state index is -0.976. The SMILES string of the molecule is CCC(C)(O)c1ccn(NCc2ccc3c(-c4ccc(F)cc4)cc(=O)oc3c2)n1. The first kappa shape index (κ1) is 19.8. The Kier molecular flexibility index (Phi) is 5.13. The largest absolute Gasteiger partial charge is 0.423 e. The summed E-state index contributed by atoms with van der Waals surface area (Å²) in [6, 6.07) is 14.8. The number of fused-ring (bicyclic) bond motifs is 1. The highest BCUT2D eigenvalue weighted by molar-refractivity contribution is 5.93. The topological polar surface area (TPSA) is 80.3 Å². The summed E-state index contributed by atoms with van der Waals surface area (Å²) in [6.07, 6.45) is 2.30. The molecule has 7 heteroatoms. The molecule has 0 fully saturated rings. The van der Waals surface area contributed by atoms with E-state index in [1.807, 2.05) is 19.1 Å². The first-order chi connectivity index (χ1) is 14.4. The van der Waals surface area contributed by atoms with Gasteiger partial charge in [0.2, 0.25) is 0 Å². The number of benzene rings is 2. The van der Waals surface area contributed by atoms with Crippen LogP contribution in [0, 0.1) is 5.82 Å². The molecule has 2 aromatic heterocycles. The van der Waals surface area contributed by atoms with Crippen LogP contribution in [0.25, 0.3) is 22.1 Å². The number of rotatable bonds is 6. The molecule has 0 radical (unpaired) electrons. The normalized spacial score (nSPS) is 13.3. The average Bonchev–Trinajstić information content (AvgIpc) is 3.22. The Labute approximate surface area is 172 Å². The van der Waals surface area contributed by atoms with Gasteiger partial charge >= 0.3 is 5.63 Å². The van der Waals surface area contributed by atoms with E-state index in [4.69, 9.17) is 4.42 Å². The fourth-order valence-corrected chi connectivity index (χ4v) is 3.24. The van der Waals surface area contributed by atoms with E-state index in [2.05, 4.69) is 10.5 Å². The molecule has 0 bridgehead atoms. The zero-order valence-electron chi connectivity index (χ0n) is 16.7. The molecular formula is C23H22FN3O3. The molecule has 0 aliphatic heterocycles. The van der Waals surface area contributed by atoms with Crippen molar-refractivity contribution >= 4 is 11.0 Å². The number of nitrogens with zero attached hydrogens (tertiary/aromatic N) is 2.